The molecule has 0 radical (unpaired) electrons. The van der Waals surface area contributed by atoms with Gasteiger partial charge in [0.1, 0.15) is 6.04 Å². The Morgan fingerprint density at radius 1 is 1.18 bits per heavy atom. The molecule has 0 aromatic heterocycles. The fourth-order valence-corrected chi connectivity index (χ4v) is 4.11. The molecule has 1 aliphatic heterocycles. The van der Waals surface area contributed by atoms with Crippen molar-refractivity contribution in [2.24, 2.45) is 5.92 Å². The SMILES string of the molecule is C[C@H](C(=O)N1C(C(=O)O)CC2CCCCC21)c1ccccc1. The molecule has 118 valence electrons. The van der Waals surface area contributed by atoms with Gasteiger partial charge in [0.25, 0.3) is 0 Å². The van der Waals surface area contributed by atoms with Crippen LogP contribution in [0.15, 0.2) is 30.3 Å². The summed E-state index contributed by atoms with van der Waals surface area (Å²) in [5.41, 5.74) is 0.955. The van der Waals surface area contributed by atoms with E-state index in [1.807, 2.05) is 37.3 Å². The Bertz CT molecular complexity index is 557. The summed E-state index contributed by atoms with van der Waals surface area (Å²) < 4.78 is 0. The van der Waals surface area contributed by atoms with Crippen molar-refractivity contribution in [3.05, 3.63) is 35.9 Å². The normalized spacial score (nSPS) is 29.0. The minimum atomic E-state index is -0.858. The number of fused-ring (bicyclic) bond motifs is 1. The minimum absolute atomic E-state index is 0.0343. The van der Waals surface area contributed by atoms with Crippen LogP contribution in [0.1, 0.15) is 50.5 Å². The van der Waals surface area contributed by atoms with E-state index in [-0.39, 0.29) is 17.9 Å². The summed E-state index contributed by atoms with van der Waals surface area (Å²) in [6, 6.07) is 9.11. The summed E-state index contributed by atoms with van der Waals surface area (Å²) in [5, 5.41) is 9.54. The second-order valence-electron chi connectivity index (χ2n) is 6.58. The molecule has 3 unspecified atom stereocenters. The van der Waals surface area contributed by atoms with Crippen LogP contribution in [0.5, 0.6) is 0 Å². The van der Waals surface area contributed by atoms with E-state index in [1.54, 1.807) is 4.90 Å². The second-order valence-corrected chi connectivity index (χ2v) is 6.58. The van der Waals surface area contributed by atoms with E-state index in [2.05, 4.69) is 0 Å². The summed E-state index contributed by atoms with van der Waals surface area (Å²) in [7, 11) is 0. The molecule has 1 N–H and O–H groups in total. The molecule has 2 fully saturated rings. The molecule has 1 amide bonds. The van der Waals surface area contributed by atoms with Gasteiger partial charge in [0.15, 0.2) is 0 Å². The molecule has 4 atom stereocenters. The van der Waals surface area contributed by atoms with Crippen molar-refractivity contribution in [1.29, 1.82) is 0 Å². The average molecular weight is 301 g/mol. The van der Waals surface area contributed by atoms with Crippen molar-refractivity contribution in [3.8, 4) is 0 Å². The summed E-state index contributed by atoms with van der Waals surface area (Å²) in [6.45, 7) is 1.88. The number of carbonyl (C=O) groups excluding carboxylic acids is 1. The van der Waals surface area contributed by atoms with Crippen LogP contribution in [0.4, 0.5) is 0 Å². The molecular weight excluding hydrogens is 278 g/mol. The van der Waals surface area contributed by atoms with Crippen molar-refractivity contribution < 1.29 is 14.7 Å². The quantitative estimate of drug-likeness (QED) is 0.933. The standard InChI is InChI=1S/C18H23NO3/c1-12(13-7-3-2-4-8-13)17(20)19-15-10-6-5-9-14(15)11-16(19)18(21)22/h2-4,7-8,12,14-16H,5-6,9-11H2,1H3,(H,21,22)/t12-,14?,15?,16?/m0/s1. The number of nitrogens with zero attached hydrogens (tertiary/aromatic N) is 1. The van der Waals surface area contributed by atoms with Gasteiger partial charge >= 0.3 is 5.97 Å². The van der Waals surface area contributed by atoms with Crippen molar-refractivity contribution in [2.75, 3.05) is 0 Å². The summed E-state index contributed by atoms with van der Waals surface area (Å²) in [5.74, 6) is -0.818. The third kappa shape index (κ3) is 2.62. The third-order valence-corrected chi connectivity index (χ3v) is 5.30. The van der Waals surface area contributed by atoms with Gasteiger partial charge in [-0.3, -0.25) is 4.79 Å². The number of carboxylic acid groups (broad SMARTS) is 1. The van der Waals surface area contributed by atoms with Gasteiger partial charge in [-0.25, -0.2) is 4.79 Å². The number of benzene rings is 1. The third-order valence-electron chi connectivity index (χ3n) is 5.30. The van der Waals surface area contributed by atoms with Gasteiger partial charge in [0, 0.05) is 6.04 Å². The van der Waals surface area contributed by atoms with E-state index < -0.39 is 12.0 Å². The highest BCUT2D eigenvalue weighted by atomic mass is 16.4. The predicted octanol–water partition coefficient (Wildman–Crippen LogP) is 3.03. The highest BCUT2D eigenvalue weighted by Gasteiger charge is 2.48. The van der Waals surface area contributed by atoms with Gasteiger partial charge in [-0.15, -0.1) is 0 Å². The molecule has 0 bridgehead atoms. The fraction of sp³-hybridized carbons (Fsp3) is 0.556. The first-order chi connectivity index (χ1) is 10.6. The largest absolute Gasteiger partial charge is 0.480 e. The average Bonchev–Trinajstić information content (AvgIpc) is 2.94. The smallest absolute Gasteiger partial charge is 0.326 e. The Morgan fingerprint density at radius 3 is 2.55 bits per heavy atom. The first-order valence-corrected chi connectivity index (χ1v) is 8.19. The van der Waals surface area contributed by atoms with Crippen molar-refractivity contribution in [1.82, 2.24) is 4.90 Å². The molecule has 1 saturated carbocycles. The number of carboxylic acids is 1. The number of carbonyl (C=O) groups is 2. The van der Waals surface area contributed by atoms with E-state index >= 15 is 0 Å². The van der Waals surface area contributed by atoms with Crippen LogP contribution in [-0.4, -0.2) is 34.0 Å². The first-order valence-electron chi connectivity index (χ1n) is 8.19. The Morgan fingerprint density at radius 2 is 1.86 bits per heavy atom. The molecule has 4 heteroatoms. The monoisotopic (exact) mass is 301 g/mol. The zero-order valence-electron chi connectivity index (χ0n) is 12.9. The molecule has 4 nitrogen and oxygen atoms in total. The van der Waals surface area contributed by atoms with E-state index in [0.29, 0.717) is 12.3 Å². The van der Waals surface area contributed by atoms with Crippen LogP contribution in [0, 0.1) is 5.92 Å². The van der Waals surface area contributed by atoms with E-state index in [4.69, 9.17) is 0 Å². The van der Waals surface area contributed by atoms with Gasteiger partial charge in [0.05, 0.1) is 5.92 Å². The van der Waals surface area contributed by atoms with Gasteiger partial charge in [-0.05, 0) is 37.7 Å². The molecular formula is C18H23NO3. The van der Waals surface area contributed by atoms with E-state index in [0.717, 1.165) is 31.2 Å². The Hall–Kier alpha value is -1.84. The van der Waals surface area contributed by atoms with Crippen molar-refractivity contribution in [3.63, 3.8) is 0 Å². The first kappa shape index (κ1) is 15.1. The Labute approximate surface area is 131 Å². The number of hydrogen-bond donors (Lipinski definition) is 1. The lowest BCUT2D eigenvalue weighted by atomic mass is 9.84. The van der Waals surface area contributed by atoms with Crippen molar-refractivity contribution in [2.45, 2.75) is 57.0 Å². The zero-order valence-corrected chi connectivity index (χ0v) is 12.9. The Kier molecular flexibility index (Phi) is 4.19. The number of amides is 1. The maximum atomic E-state index is 13.0. The van der Waals surface area contributed by atoms with Crippen LogP contribution >= 0.6 is 0 Å². The number of rotatable bonds is 3. The maximum absolute atomic E-state index is 13.0. The van der Waals surface area contributed by atoms with Crippen LogP contribution in [-0.2, 0) is 9.59 Å². The number of likely N-dealkylation sites (tertiary alicyclic amines) is 1. The van der Waals surface area contributed by atoms with Gasteiger partial charge in [0.2, 0.25) is 5.91 Å². The van der Waals surface area contributed by atoms with Crippen LogP contribution < -0.4 is 0 Å². The molecule has 3 rings (SSSR count). The minimum Gasteiger partial charge on any atom is -0.480 e. The highest BCUT2D eigenvalue weighted by Crippen LogP contribution is 2.41. The van der Waals surface area contributed by atoms with Crippen LogP contribution in [0.25, 0.3) is 0 Å². The predicted molar refractivity (Wildman–Crippen MR) is 83.5 cm³/mol. The second kappa shape index (κ2) is 6.11. The molecule has 1 aliphatic carbocycles. The van der Waals surface area contributed by atoms with E-state index in [9.17, 15) is 14.7 Å². The zero-order chi connectivity index (χ0) is 15.7. The van der Waals surface area contributed by atoms with Crippen molar-refractivity contribution >= 4 is 11.9 Å². The summed E-state index contributed by atoms with van der Waals surface area (Å²) >= 11 is 0. The molecule has 2 aliphatic rings. The Balaban J connectivity index is 1.86. The lowest BCUT2D eigenvalue weighted by molar-refractivity contribution is -0.150. The molecule has 22 heavy (non-hydrogen) atoms. The van der Waals surface area contributed by atoms with Crippen LogP contribution in [0.3, 0.4) is 0 Å². The topological polar surface area (TPSA) is 57.6 Å². The highest BCUT2D eigenvalue weighted by molar-refractivity contribution is 5.89. The molecule has 1 heterocycles. The fourth-order valence-electron chi connectivity index (χ4n) is 4.11. The molecule has 1 aromatic rings. The van der Waals surface area contributed by atoms with Gasteiger partial charge in [-0.1, -0.05) is 43.2 Å². The van der Waals surface area contributed by atoms with Crippen LogP contribution in [0.2, 0.25) is 0 Å². The molecule has 0 spiro atoms. The lowest BCUT2D eigenvalue weighted by Gasteiger charge is -2.34. The maximum Gasteiger partial charge on any atom is 0.326 e. The number of aliphatic carboxylic acids is 1. The number of hydrogen-bond acceptors (Lipinski definition) is 2. The summed E-state index contributed by atoms with van der Waals surface area (Å²) in [6.07, 6.45) is 4.87. The summed E-state index contributed by atoms with van der Waals surface area (Å²) in [4.78, 5) is 26.3. The van der Waals surface area contributed by atoms with Gasteiger partial charge in [-0.2, -0.15) is 0 Å². The van der Waals surface area contributed by atoms with Gasteiger partial charge < -0.3 is 10.0 Å². The molecule has 1 aromatic carbocycles. The lowest BCUT2D eigenvalue weighted by Crippen LogP contribution is -2.47. The van der Waals surface area contributed by atoms with E-state index in [1.165, 1.54) is 0 Å². The molecule has 1 saturated heterocycles.